The van der Waals surface area contributed by atoms with Gasteiger partial charge in [-0.2, -0.15) is 0 Å². The summed E-state index contributed by atoms with van der Waals surface area (Å²) < 4.78 is 16.3. The lowest BCUT2D eigenvalue weighted by Gasteiger charge is -2.11. The van der Waals surface area contributed by atoms with Gasteiger partial charge in [-0.3, -0.25) is 9.59 Å². The molecular weight excluding hydrogens is 453 g/mol. The van der Waals surface area contributed by atoms with Crippen molar-refractivity contribution in [3.8, 4) is 11.4 Å². The van der Waals surface area contributed by atoms with Crippen LogP contribution in [0.4, 0.5) is 10.1 Å². The van der Waals surface area contributed by atoms with Crippen molar-refractivity contribution in [2.24, 2.45) is 5.73 Å². The topological polar surface area (TPSA) is 103 Å². The third kappa shape index (κ3) is 5.68. The molecule has 172 valence electrons. The zero-order chi connectivity index (χ0) is 23.9. The highest BCUT2D eigenvalue weighted by atomic mass is 32.2. The largest absolute Gasteiger partial charge is 0.366 e. The standard InChI is InChI=1S/C25H22FN5O2S/c26-21-9-5-4-8-20(21)24-29-30-25(31(24)15-14-17-6-2-1-3-7-17)34-16-22(32)28-19-12-10-18(11-13-19)23(27)33/h1-13H,14-16H2,(H2,27,33)(H,28,32). The number of primary amides is 1. The van der Waals surface area contributed by atoms with Crippen molar-refractivity contribution < 1.29 is 14.0 Å². The van der Waals surface area contributed by atoms with Gasteiger partial charge >= 0.3 is 0 Å². The Balaban J connectivity index is 1.49. The van der Waals surface area contributed by atoms with Crippen LogP contribution in [0.2, 0.25) is 0 Å². The third-order valence-corrected chi connectivity index (χ3v) is 6.05. The van der Waals surface area contributed by atoms with Crippen molar-refractivity contribution in [2.45, 2.75) is 18.1 Å². The van der Waals surface area contributed by atoms with Crippen LogP contribution in [0, 0.1) is 5.82 Å². The minimum absolute atomic E-state index is 0.0817. The van der Waals surface area contributed by atoms with Crippen LogP contribution in [0.25, 0.3) is 11.4 Å². The fourth-order valence-electron chi connectivity index (χ4n) is 3.37. The minimum atomic E-state index is -0.533. The van der Waals surface area contributed by atoms with Gasteiger partial charge in [0.25, 0.3) is 0 Å². The number of halogens is 1. The van der Waals surface area contributed by atoms with Gasteiger partial charge in [0.15, 0.2) is 11.0 Å². The Morgan fingerprint density at radius 1 is 0.941 bits per heavy atom. The quantitative estimate of drug-likeness (QED) is 0.354. The molecule has 0 radical (unpaired) electrons. The van der Waals surface area contributed by atoms with Gasteiger partial charge in [0.1, 0.15) is 5.82 Å². The first-order valence-electron chi connectivity index (χ1n) is 10.6. The molecule has 1 heterocycles. The summed E-state index contributed by atoms with van der Waals surface area (Å²) in [4.78, 5) is 23.7. The van der Waals surface area contributed by atoms with E-state index < -0.39 is 5.91 Å². The van der Waals surface area contributed by atoms with Gasteiger partial charge in [-0.05, 0) is 48.4 Å². The van der Waals surface area contributed by atoms with Crippen LogP contribution in [0.5, 0.6) is 0 Å². The molecule has 0 atom stereocenters. The number of nitrogens with zero attached hydrogens (tertiary/aromatic N) is 3. The highest BCUT2D eigenvalue weighted by molar-refractivity contribution is 7.99. The van der Waals surface area contributed by atoms with Crippen LogP contribution >= 0.6 is 11.8 Å². The van der Waals surface area contributed by atoms with E-state index in [0.29, 0.717) is 40.8 Å². The normalized spacial score (nSPS) is 10.7. The predicted octanol–water partition coefficient (Wildman–Crippen LogP) is 4.16. The number of carbonyl (C=O) groups is 2. The summed E-state index contributed by atoms with van der Waals surface area (Å²) in [5, 5.41) is 11.8. The maximum atomic E-state index is 14.5. The van der Waals surface area contributed by atoms with Crippen molar-refractivity contribution >= 4 is 29.3 Å². The number of carbonyl (C=O) groups excluding carboxylic acids is 2. The maximum Gasteiger partial charge on any atom is 0.248 e. The second kappa shape index (κ2) is 10.8. The van der Waals surface area contributed by atoms with Crippen LogP contribution in [-0.4, -0.2) is 32.3 Å². The average Bonchev–Trinajstić information content (AvgIpc) is 3.25. The molecule has 0 fully saturated rings. The maximum absolute atomic E-state index is 14.5. The molecule has 3 aromatic carbocycles. The molecule has 0 aliphatic heterocycles. The van der Waals surface area contributed by atoms with E-state index in [1.807, 2.05) is 34.9 Å². The number of rotatable bonds is 9. The van der Waals surface area contributed by atoms with Gasteiger partial charge in [0, 0.05) is 17.8 Å². The van der Waals surface area contributed by atoms with Gasteiger partial charge in [0.05, 0.1) is 11.3 Å². The van der Waals surface area contributed by atoms with Crippen molar-refractivity contribution in [2.75, 3.05) is 11.1 Å². The van der Waals surface area contributed by atoms with Gasteiger partial charge in [-0.1, -0.05) is 54.2 Å². The molecule has 0 aliphatic rings. The van der Waals surface area contributed by atoms with E-state index in [-0.39, 0.29) is 17.5 Å². The number of amides is 2. The van der Waals surface area contributed by atoms with Gasteiger partial charge in [-0.15, -0.1) is 10.2 Å². The molecule has 9 heteroatoms. The molecule has 3 N–H and O–H groups in total. The number of nitrogens with two attached hydrogens (primary N) is 1. The summed E-state index contributed by atoms with van der Waals surface area (Å²) in [5.74, 6) is -0.669. The predicted molar refractivity (Wildman–Crippen MR) is 130 cm³/mol. The number of hydrogen-bond acceptors (Lipinski definition) is 5. The number of anilines is 1. The number of benzene rings is 3. The summed E-state index contributed by atoms with van der Waals surface area (Å²) in [6.45, 7) is 0.527. The van der Waals surface area contributed by atoms with Crippen LogP contribution in [0.3, 0.4) is 0 Å². The molecule has 0 saturated carbocycles. The molecular formula is C25H22FN5O2S. The summed E-state index contributed by atoms with van der Waals surface area (Å²) in [7, 11) is 0. The fraction of sp³-hybridized carbons (Fsp3) is 0.120. The zero-order valence-electron chi connectivity index (χ0n) is 18.1. The number of nitrogens with one attached hydrogen (secondary N) is 1. The molecule has 34 heavy (non-hydrogen) atoms. The van der Waals surface area contributed by atoms with E-state index in [9.17, 15) is 14.0 Å². The van der Waals surface area contributed by atoms with Crippen molar-refractivity contribution in [3.05, 3.63) is 95.8 Å². The number of aromatic nitrogens is 3. The first kappa shape index (κ1) is 23.2. The molecule has 0 aliphatic carbocycles. The second-order valence-corrected chi connectivity index (χ2v) is 8.39. The zero-order valence-corrected chi connectivity index (χ0v) is 19.0. The number of hydrogen-bond donors (Lipinski definition) is 2. The molecule has 0 saturated heterocycles. The van der Waals surface area contributed by atoms with Gasteiger partial charge in [-0.25, -0.2) is 4.39 Å². The smallest absolute Gasteiger partial charge is 0.248 e. The highest BCUT2D eigenvalue weighted by Crippen LogP contribution is 2.26. The average molecular weight is 476 g/mol. The fourth-order valence-corrected chi connectivity index (χ4v) is 4.13. The SMILES string of the molecule is NC(=O)c1ccc(NC(=O)CSc2nnc(-c3ccccc3F)n2CCc2ccccc2)cc1. The Morgan fingerprint density at radius 2 is 1.65 bits per heavy atom. The summed E-state index contributed by atoms with van der Waals surface area (Å²) >= 11 is 1.22. The summed E-state index contributed by atoms with van der Waals surface area (Å²) in [6, 6.07) is 22.7. The molecule has 1 aromatic heterocycles. The van der Waals surface area contributed by atoms with Crippen LogP contribution in [-0.2, 0) is 17.8 Å². The monoisotopic (exact) mass is 475 g/mol. The highest BCUT2D eigenvalue weighted by Gasteiger charge is 2.18. The number of thioether (sulfide) groups is 1. The lowest BCUT2D eigenvalue weighted by Crippen LogP contribution is -2.15. The van der Waals surface area contributed by atoms with Crippen LogP contribution < -0.4 is 11.1 Å². The molecule has 0 bridgehead atoms. The van der Waals surface area contributed by atoms with E-state index in [4.69, 9.17) is 5.73 Å². The molecule has 2 amide bonds. The lowest BCUT2D eigenvalue weighted by atomic mass is 10.1. The second-order valence-electron chi connectivity index (χ2n) is 7.45. The lowest BCUT2D eigenvalue weighted by molar-refractivity contribution is -0.113. The van der Waals surface area contributed by atoms with E-state index in [0.717, 1.165) is 5.56 Å². The summed E-state index contributed by atoms with van der Waals surface area (Å²) in [5.41, 5.74) is 7.63. The van der Waals surface area contributed by atoms with Crippen LogP contribution in [0.15, 0.2) is 84.0 Å². The van der Waals surface area contributed by atoms with E-state index in [1.165, 1.54) is 17.8 Å². The summed E-state index contributed by atoms with van der Waals surface area (Å²) in [6.07, 6.45) is 0.701. The van der Waals surface area contributed by atoms with Gasteiger partial charge in [0.2, 0.25) is 11.8 Å². The minimum Gasteiger partial charge on any atom is -0.366 e. The van der Waals surface area contributed by atoms with Crippen molar-refractivity contribution in [1.82, 2.24) is 14.8 Å². The number of aryl methyl sites for hydroxylation is 1. The van der Waals surface area contributed by atoms with Gasteiger partial charge < -0.3 is 15.6 Å². The van der Waals surface area contributed by atoms with E-state index >= 15 is 0 Å². The van der Waals surface area contributed by atoms with Crippen molar-refractivity contribution in [3.63, 3.8) is 0 Å². The molecule has 0 spiro atoms. The van der Waals surface area contributed by atoms with E-state index in [1.54, 1.807) is 42.5 Å². The Bertz CT molecular complexity index is 1290. The first-order chi connectivity index (χ1) is 16.5. The third-order valence-electron chi connectivity index (χ3n) is 5.08. The molecule has 7 nitrogen and oxygen atoms in total. The first-order valence-corrected chi connectivity index (χ1v) is 11.5. The molecule has 4 rings (SSSR count). The Labute approximate surface area is 200 Å². The van der Waals surface area contributed by atoms with Crippen LogP contribution in [0.1, 0.15) is 15.9 Å². The Morgan fingerprint density at radius 3 is 2.35 bits per heavy atom. The van der Waals surface area contributed by atoms with Crippen molar-refractivity contribution in [1.29, 1.82) is 0 Å². The van der Waals surface area contributed by atoms with E-state index in [2.05, 4.69) is 15.5 Å². The molecule has 4 aromatic rings. The Hall–Kier alpha value is -3.98. The Kier molecular flexibility index (Phi) is 7.34. The molecule has 0 unspecified atom stereocenters.